The molecule has 0 saturated heterocycles. The van der Waals surface area contributed by atoms with Gasteiger partial charge in [-0.15, -0.1) is 0 Å². The molecule has 0 aliphatic rings. The zero-order chi connectivity index (χ0) is 14.6. The van der Waals surface area contributed by atoms with Crippen LogP contribution in [0.3, 0.4) is 0 Å². The second kappa shape index (κ2) is 5.90. The monoisotopic (exact) mass is 271 g/mol. The topological polar surface area (TPSA) is 47.0 Å². The number of ether oxygens (including phenoxy) is 1. The van der Waals surface area contributed by atoms with Crippen LogP contribution >= 0.6 is 0 Å². The van der Waals surface area contributed by atoms with Crippen molar-refractivity contribution in [1.29, 1.82) is 0 Å². The minimum atomic E-state index is -0.216. The second-order valence-corrected chi connectivity index (χ2v) is 5.75. The summed E-state index contributed by atoms with van der Waals surface area (Å²) in [6.45, 7) is 8.84. The Balaban J connectivity index is 2.14. The molecule has 2 aromatic rings. The third kappa shape index (κ3) is 4.23. The number of hydrogen-bond acceptors (Lipinski definition) is 4. The van der Waals surface area contributed by atoms with E-state index in [4.69, 9.17) is 4.74 Å². The Bertz CT molecular complexity index is 562. The van der Waals surface area contributed by atoms with Crippen LogP contribution in [0.5, 0.6) is 5.75 Å². The molecular formula is C16H21N3O. The van der Waals surface area contributed by atoms with Crippen LogP contribution in [0.4, 0.5) is 5.95 Å². The van der Waals surface area contributed by atoms with E-state index in [1.807, 2.05) is 20.8 Å². The first-order valence-corrected chi connectivity index (χ1v) is 6.73. The molecule has 0 bridgehead atoms. The molecule has 0 atom stereocenters. The maximum atomic E-state index is 6.02. The molecule has 4 heteroatoms. The number of rotatable bonds is 4. The zero-order valence-corrected chi connectivity index (χ0v) is 12.5. The van der Waals surface area contributed by atoms with Gasteiger partial charge in [-0.3, -0.25) is 0 Å². The Morgan fingerprint density at radius 2 is 1.85 bits per heavy atom. The Morgan fingerprint density at radius 3 is 2.50 bits per heavy atom. The van der Waals surface area contributed by atoms with Gasteiger partial charge in [0, 0.05) is 24.5 Å². The van der Waals surface area contributed by atoms with Gasteiger partial charge in [0.05, 0.1) is 0 Å². The average molecular weight is 271 g/mol. The molecule has 0 unspecified atom stereocenters. The van der Waals surface area contributed by atoms with Crippen molar-refractivity contribution in [3.05, 3.63) is 47.8 Å². The lowest BCUT2D eigenvalue weighted by molar-refractivity contribution is 0.129. The fourth-order valence-electron chi connectivity index (χ4n) is 1.80. The van der Waals surface area contributed by atoms with Gasteiger partial charge in [0.25, 0.3) is 0 Å². The van der Waals surface area contributed by atoms with Crippen molar-refractivity contribution in [1.82, 2.24) is 9.97 Å². The summed E-state index contributed by atoms with van der Waals surface area (Å²) in [6.07, 6.45) is 3.44. The quantitative estimate of drug-likeness (QED) is 0.923. The predicted octanol–water partition coefficient (Wildman–Crippen LogP) is 3.57. The van der Waals surface area contributed by atoms with E-state index >= 15 is 0 Å². The van der Waals surface area contributed by atoms with Crippen molar-refractivity contribution in [3.8, 4) is 5.75 Å². The van der Waals surface area contributed by atoms with Gasteiger partial charge in [-0.1, -0.05) is 12.1 Å². The molecule has 0 aliphatic heterocycles. The van der Waals surface area contributed by atoms with Crippen LogP contribution in [0.15, 0.2) is 36.7 Å². The van der Waals surface area contributed by atoms with Crippen LogP contribution in [-0.2, 0) is 6.54 Å². The van der Waals surface area contributed by atoms with E-state index in [-0.39, 0.29) is 5.60 Å². The van der Waals surface area contributed by atoms with Crippen molar-refractivity contribution in [2.75, 3.05) is 5.32 Å². The number of anilines is 1. The number of nitrogens with one attached hydrogen (secondary N) is 1. The van der Waals surface area contributed by atoms with Crippen molar-refractivity contribution in [2.45, 2.75) is 39.8 Å². The van der Waals surface area contributed by atoms with Gasteiger partial charge in [-0.2, -0.15) is 0 Å². The van der Waals surface area contributed by atoms with Crippen molar-refractivity contribution < 1.29 is 4.74 Å². The SMILES string of the molecule is Cc1ccc(CNc2ncccn2)c(OC(C)(C)C)c1. The van der Waals surface area contributed by atoms with Crippen LogP contribution < -0.4 is 10.1 Å². The van der Waals surface area contributed by atoms with Gasteiger partial charge in [-0.25, -0.2) is 9.97 Å². The molecule has 106 valence electrons. The second-order valence-electron chi connectivity index (χ2n) is 5.75. The lowest BCUT2D eigenvalue weighted by atomic mass is 10.1. The first-order valence-electron chi connectivity index (χ1n) is 6.73. The van der Waals surface area contributed by atoms with E-state index in [1.165, 1.54) is 5.56 Å². The third-order valence-electron chi connectivity index (χ3n) is 2.64. The maximum absolute atomic E-state index is 6.02. The smallest absolute Gasteiger partial charge is 0.222 e. The highest BCUT2D eigenvalue weighted by atomic mass is 16.5. The molecule has 0 spiro atoms. The molecule has 0 radical (unpaired) electrons. The number of aromatic nitrogens is 2. The minimum absolute atomic E-state index is 0.216. The summed E-state index contributed by atoms with van der Waals surface area (Å²) in [5, 5.41) is 3.20. The van der Waals surface area contributed by atoms with Crippen molar-refractivity contribution in [2.24, 2.45) is 0 Å². The van der Waals surface area contributed by atoms with Crippen LogP contribution in [0, 0.1) is 6.92 Å². The summed E-state index contributed by atoms with van der Waals surface area (Å²) >= 11 is 0. The van der Waals surface area contributed by atoms with Crippen LogP contribution in [0.1, 0.15) is 31.9 Å². The van der Waals surface area contributed by atoms with E-state index in [0.717, 1.165) is 11.3 Å². The highest BCUT2D eigenvalue weighted by molar-refractivity contribution is 5.40. The molecule has 0 saturated carbocycles. The van der Waals surface area contributed by atoms with Gasteiger partial charge in [0.2, 0.25) is 5.95 Å². The predicted molar refractivity (Wildman–Crippen MR) is 80.9 cm³/mol. The Hall–Kier alpha value is -2.10. The Labute approximate surface area is 120 Å². The molecule has 0 fully saturated rings. The number of benzene rings is 1. The number of nitrogens with zero attached hydrogens (tertiary/aromatic N) is 2. The van der Waals surface area contributed by atoms with Crippen LogP contribution in [0.25, 0.3) is 0 Å². The van der Waals surface area contributed by atoms with E-state index < -0.39 is 0 Å². The highest BCUT2D eigenvalue weighted by Gasteiger charge is 2.14. The largest absolute Gasteiger partial charge is 0.488 e. The normalized spacial score (nSPS) is 11.2. The fraction of sp³-hybridized carbons (Fsp3) is 0.375. The molecule has 1 aromatic carbocycles. The van der Waals surface area contributed by atoms with Gasteiger partial charge >= 0.3 is 0 Å². The molecule has 2 rings (SSSR count). The van der Waals surface area contributed by atoms with Gasteiger partial charge in [0.15, 0.2) is 0 Å². The molecule has 20 heavy (non-hydrogen) atoms. The molecule has 1 heterocycles. The van der Waals surface area contributed by atoms with E-state index in [0.29, 0.717) is 12.5 Å². The Morgan fingerprint density at radius 1 is 1.15 bits per heavy atom. The average Bonchev–Trinajstić information content (AvgIpc) is 2.37. The summed E-state index contributed by atoms with van der Waals surface area (Å²) in [6, 6.07) is 8.02. The van der Waals surface area contributed by atoms with Crippen molar-refractivity contribution >= 4 is 5.95 Å². The maximum Gasteiger partial charge on any atom is 0.222 e. The number of hydrogen-bond donors (Lipinski definition) is 1. The zero-order valence-electron chi connectivity index (χ0n) is 12.5. The number of aryl methyl sites for hydroxylation is 1. The molecule has 0 amide bonds. The first-order chi connectivity index (χ1) is 9.44. The van der Waals surface area contributed by atoms with E-state index in [2.05, 4.69) is 40.4 Å². The van der Waals surface area contributed by atoms with Gasteiger partial charge < -0.3 is 10.1 Å². The third-order valence-corrected chi connectivity index (χ3v) is 2.64. The fourth-order valence-corrected chi connectivity index (χ4v) is 1.80. The lowest BCUT2D eigenvalue weighted by Gasteiger charge is -2.23. The summed E-state index contributed by atoms with van der Waals surface area (Å²) in [4.78, 5) is 8.31. The van der Waals surface area contributed by atoms with E-state index in [1.54, 1.807) is 18.5 Å². The lowest BCUT2D eigenvalue weighted by Crippen LogP contribution is -2.24. The first kappa shape index (κ1) is 14.3. The summed E-state index contributed by atoms with van der Waals surface area (Å²) < 4.78 is 6.02. The van der Waals surface area contributed by atoms with Gasteiger partial charge in [-0.05, 0) is 45.4 Å². The summed E-state index contributed by atoms with van der Waals surface area (Å²) in [5.41, 5.74) is 2.06. The van der Waals surface area contributed by atoms with Crippen LogP contribution in [0.2, 0.25) is 0 Å². The Kier molecular flexibility index (Phi) is 4.23. The van der Waals surface area contributed by atoms with E-state index in [9.17, 15) is 0 Å². The molecular weight excluding hydrogens is 250 g/mol. The molecule has 4 nitrogen and oxygen atoms in total. The molecule has 0 aliphatic carbocycles. The van der Waals surface area contributed by atoms with Crippen molar-refractivity contribution in [3.63, 3.8) is 0 Å². The van der Waals surface area contributed by atoms with Crippen LogP contribution in [-0.4, -0.2) is 15.6 Å². The minimum Gasteiger partial charge on any atom is -0.488 e. The molecule has 1 aromatic heterocycles. The highest BCUT2D eigenvalue weighted by Crippen LogP contribution is 2.25. The summed E-state index contributed by atoms with van der Waals surface area (Å²) in [5.74, 6) is 1.52. The molecule has 1 N–H and O–H groups in total. The van der Waals surface area contributed by atoms with Gasteiger partial charge in [0.1, 0.15) is 11.4 Å². The summed E-state index contributed by atoms with van der Waals surface area (Å²) in [7, 11) is 0. The standard InChI is InChI=1S/C16H21N3O/c1-12-6-7-13(14(10-12)20-16(2,3)4)11-19-15-17-8-5-9-18-15/h5-10H,11H2,1-4H3,(H,17,18,19).